The van der Waals surface area contributed by atoms with Crippen LogP contribution in [0.15, 0.2) is 41.3 Å². The highest BCUT2D eigenvalue weighted by Crippen LogP contribution is 2.21. The van der Waals surface area contributed by atoms with Crippen molar-refractivity contribution in [2.45, 2.75) is 18.4 Å². The Kier molecular flexibility index (Phi) is 5.21. The van der Waals surface area contributed by atoms with Gasteiger partial charge in [-0.3, -0.25) is 0 Å². The fourth-order valence-electron chi connectivity index (χ4n) is 1.81. The zero-order valence-electron chi connectivity index (χ0n) is 11.1. The van der Waals surface area contributed by atoms with Gasteiger partial charge in [-0.15, -0.1) is 11.3 Å². The number of halogens is 1. The third kappa shape index (κ3) is 4.06. The van der Waals surface area contributed by atoms with E-state index in [0.29, 0.717) is 13.1 Å². The lowest BCUT2D eigenvalue weighted by molar-refractivity contribution is 0.591. The highest BCUT2D eigenvalue weighted by atomic mass is 35.5. The molecule has 3 nitrogen and oxygen atoms in total. The van der Waals surface area contributed by atoms with Crippen molar-refractivity contribution in [3.8, 4) is 0 Å². The van der Waals surface area contributed by atoms with Gasteiger partial charge in [-0.25, -0.2) is 8.42 Å². The van der Waals surface area contributed by atoms with E-state index in [-0.39, 0.29) is 15.7 Å². The summed E-state index contributed by atoms with van der Waals surface area (Å²) < 4.78 is 24.3. The lowest BCUT2D eigenvalue weighted by Crippen LogP contribution is -2.22. The van der Waals surface area contributed by atoms with Crippen molar-refractivity contribution < 1.29 is 8.42 Å². The second-order valence-electron chi connectivity index (χ2n) is 4.44. The molecule has 0 saturated heterocycles. The summed E-state index contributed by atoms with van der Waals surface area (Å²) in [5.74, 6) is 0.0427. The molecule has 0 aliphatic rings. The maximum Gasteiger partial charge on any atom is 0.181 e. The van der Waals surface area contributed by atoms with Gasteiger partial charge in [0, 0.05) is 22.8 Å². The SMILES string of the molecule is Cc1ccc(CNCCS(=O)(=O)c2ccccc2Cl)s1. The minimum Gasteiger partial charge on any atom is -0.311 e. The Bertz CT molecular complexity index is 680. The van der Waals surface area contributed by atoms with E-state index in [9.17, 15) is 8.42 Å². The van der Waals surface area contributed by atoms with E-state index >= 15 is 0 Å². The lowest BCUT2D eigenvalue weighted by atomic mass is 10.4. The van der Waals surface area contributed by atoms with E-state index in [2.05, 4.69) is 24.4 Å². The summed E-state index contributed by atoms with van der Waals surface area (Å²) in [4.78, 5) is 2.67. The van der Waals surface area contributed by atoms with Gasteiger partial charge in [-0.1, -0.05) is 23.7 Å². The van der Waals surface area contributed by atoms with E-state index < -0.39 is 9.84 Å². The Morgan fingerprint density at radius 1 is 1.20 bits per heavy atom. The standard InChI is InChI=1S/C14H16ClNO2S2/c1-11-6-7-12(19-11)10-16-8-9-20(17,18)14-5-3-2-4-13(14)15/h2-7,16H,8-10H2,1H3. The molecule has 0 aliphatic heterocycles. The quantitative estimate of drug-likeness (QED) is 0.827. The molecule has 0 atom stereocenters. The normalized spacial score (nSPS) is 11.7. The van der Waals surface area contributed by atoms with E-state index in [1.165, 1.54) is 9.75 Å². The largest absolute Gasteiger partial charge is 0.311 e. The Hall–Kier alpha value is -0.880. The molecule has 1 aromatic heterocycles. The third-order valence-corrected chi connectivity index (χ3v) is 6.02. The number of hydrogen-bond acceptors (Lipinski definition) is 4. The van der Waals surface area contributed by atoms with Gasteiger partial charge in [0.1, 0.15) is 0 Å². The Balaban J connectivity index is 1.89. The van der Waals surface area contributed by atoms with E-state index in [1.54, 1.807) is 35.6 Å². The Labute approximate surface area is 128 Å². The molecule has 2 rings (SSSR count). The smallest absolute Gasteiger partial charge is 0.181 e. The van der Waals surface area contributed by atoms with Crippen molar-refractivity contribution in [1.82, 2.24) is 5.32 Å². The molecule has 0 spiro atoms. The summed E-state index contributed by atoms with van der Waals surface area (Å²) in [5, 5.41) is 3.43. The molecular weight excluding hydrogens is 314 g/mol. The van der Waals surface area contributed by atoms with Gasteiger partial charge in [0.05, 0.1) is 15.7 Å². The molecular formula is C14H16ClNO2S2. The summed E-state index contributed by atoms with van der Waals surface area (Å²) in [6, 6.07) is 10.6. The van der Waals surface area contributed by atoms with Crippen molar-refractivity contribution in [2.75, 3.05) is 12.3 Å². The van der Waals surface area contributed by atoms with Crippen LogP contribution < -0.4 is 5.32 Å². The zero-order chi connectivity index (χ0) is 14.6. The molecule has 0 radical (unpaired) electrons. The van der Waals surface area contributed by atoms with Crippen molar-refractivity contribution >= 4 is 32.8 Å². The van der Waals surface area contributed by atoms with Crippen LogP contribution >= 0.6 is 22.9 Å². The molecule has 20 heavy (non-hydrogen) atoms. The van der Waals surface area contributed by atoms with Gasteiger partial charge in [-0.2, -0.15) is 0 Å². The average Bonchev–Trinajstić information content (AvgIpc) is 2.81. The highest BCUT2D eigenvalue weighted by Gasteiger charge is 2.16. The number of rotatable bonds is 6. The maximum absolute atomic E-state index is 12.1. The maximum atomic E-state index is 12.1. The van der Waals surface area contributed by atoms with Crippen LogP contribution in [0.1, 0.15) is 9.75 Å². The first kappa shape index (κ1) is 15.5. The minimum atomic E-state index is -3.33. The van der Waals surface area contributed by atoms with Crippen molar-refractivity contribution in [3.05, 3.63) is 51.2 Å². The molecule has 1 N–H and O–H groups in total. The molecule has 0 fully saturated rings. The van der Waals surface area contributed by atoms with Gasteiger partial charge in [0.2, 0.25) is 0 Å². The zero-order valence-corrected chi connectivity index (χ0v) is 13.5. The van der Waals surface area contributed by atoms with Gasteiger partial charge < -0.3 is 5.32 Å². The van der Waals surface area contributed by atoms with Crippen molar-refractivity contribution in [2.24, 2.45) is 0 Å². The molecule has 0 unspecified atom stereocenters. The van der Waals surface area contributed by atoms with Gasteiger partial charge in [0.25, 0.3) is 0 Å². The molecule has 108 valence electrons. The van der Waals surface area contributed by atoms with Gasteiger partial charge in [0.15, 0.2) is 9.84 Å². The van der Waals surface area contributed by atoms with E-state index in [0.717, 1.165) is 0 Å². The summed E-state index contributed by atoms with van der Waals surface area (Å²) >= 11 is 7.63. The van der Waals surface area contributed by atoms with E-state index in [1.807, 2.05) is 0 Å². The van der Waals surface area contributed by atoms with E-state index in [4.69, 9.17) is 11.6 Å². The Morgan fingerprint density at radius 2 is 1.95 bits per heavy atom. The molecule has 1 aromatic carbocycles. The Morgan fingerprint density at radius 3 is 2.60 bits per heavy atom. The molecule has 0 aliphatic carbocycles. The molecule has 2 aromatic rings. The number of aryl methyl sites for hydroxylation is 1. The first-order valence-electron chi connectivity index (χ1n) is 6.22. The second-order valence-corrected chi connectivity index (χ2v) is 8.30. The average molecular weight is 330 g/mol. The second kappa shape index (κ2) is 6.72. The summed E-state index contributed by atoms with van der Waals surface area (Å²) in [5.41, 5.74) is 0. The van der Waals surface area contributed by atoms with Crippen LogP contribution in [0, 0.1) is 6.92 Å². The third-order valence-electron chi connectivity index (χ3n) is 2.81. The fraction of sp³-hybridized carbons (Fsp3) is 0.286. The first-order chi connectivity index (χ1) is 9.49. The molecule has 0 bridgehead atoms. The predicted molar refractivity (Wildman–Crippen MR) is 84.3 cm³/mol. The topological polar surface area (TPSA) is 46.2 Å². The number of hydrogen-bond donors (Lipinski definition) is 1. The molecule has 0 saturated carbocycles. The van der Waals surface area contributed by atoms with Crippen LogP contribution in [-0.2, 0) is 16.4 Å². The highest BCUT2D eigenvalue weighted by molar-refractivity contribution is 7.91. The van der Waals surface area contributed by atoms with Crippen LogP contribution in [0.4, 0.5) is 0 Å². The predicted octanol–water partition coefficient (Wildman–Crippen LogP) is 3.27. The lowest BCUT2D eigenvalue weighted by Gasteiger charge is -2.07. The monoisotopic (exact) mass is 329 g/mol. The van der Waals surface area contributed by atoms with Crippen LogP contribution in [0.25, 0.3) is 0 Å². The van der Waals surface area contributed by atoms with Gasteiger partial charge >= 0.3 is 0 Å². The minimum absolute atomic E-state index is 0.0427. The molecule has 1 heterocycles. The number of nitrogens with one attached hydrogen (secondary N) is 1. The fourth-order valence-corrected chi connectivity index (χ4v) is 4.44. The van der Waals surface area contributed by atoms with Crippen LogP contribution in [0.2, 0.25) is 5.02 Å². The number of thiophene rings is 1. The van der Waals surface area contributed by atoms with Crippen LogP contribution in [0.3, 0.4) is 0 Å². The van der Waals surface area contributed by atoms with Crippen molar-refractivity contribution in [1.29, 1.82) is 0 Å². The van der Waals surface area contributed by atoms with Gasteiger partial charge in [-0.05, 0) is 31.2 Å². The molecule has 6 heteroatoms. The number of sulfone groups is 1. The molecule has 0 amide bonds. The van der Waals surface area contributed by atoms with Crippen LogP contribution in [-0.4, -0.2) is 20.7 Å². The summed E-state index contributed by atoms with van der Waals surface area (Å²) in [6.45, 7) is 3.15. The number of benzene rings is 1. The first-order valence-corrected chi connectivity index (χ1v) is 9.07. The van der Waals surface area contributed by atoms with Crippen molar-refractivity contribution in [3.63, 3.8) is 0 Å². The van der Waals surface area contributed by atoms with Crippen LogP contribution in [0.5, 0.6) is 0 Å². The summed E-state index contributed by atoms with van der Waals surface area (Å²) in [7, 11) is -3.33. The summed E-state index contributed by atoms with van der Waals surface area (Å²) in [6.07, 6.45) is 0.